The predicted molar refractivity (Wildman–Crippen MR) is 110 cm³/mol. The number of carbonyl (C=O) groups is 1. The van der Waals surface area contributed by atoms with Crippen molar-refractivity contribution in [2.45, 2.75) is 19.3 Å². The molecule has 1 amide bonds. The number of anilines is 1. The van der Waals surface area contributed by atoms with Crippen molar-refractivity contribution in [1.29, 1.82) is 0 Å². The maximum absolute atomic E-state index is 12.7. The minimum Gasteiger partial charge on any atom is -0.496 e. The van der Waals surface area contributed by atoms with Gasteiger partial charge in [0.15, 0.2) is 0 Å². The first-order valence-electron chi connectivity index (χ1n) is 9.69. The molecule has 6 heteroatoms. The van der Waals surface area contributed by atoms with Crippen LogP contribution >= 0.6 is 0 Å². The van der Waals surface area contributed by atoms with Gasteiger partial charge in [-0.2, -0.15) is 0 Å². The van der Waals surface area contributed by atoms with E-state index in [2.05, 4.69) is 10.2 Å². The van der Waals surface area contributed by atoms with E-state index in [0.717, 1.165) is 18.7 Å². The highest BCUT2D eigenvalue weighted by molar-refractivity contribution is 6.08. The third-order valence-electron chi connectivity index (χ3n) is 4.85. The molecule has 0 unspecified atom stereocenters. The van der Waals surface area contributed by atoms with E-state index >= 15 is 0 Å². The molecule has 1 aliphatic rings. The molecule has 1 N–H and O–H groups in total. The summed E-state index contributed by atoms with van der Waals surface area (Å²) in [6.45, 7) is 4.21. The maximum Gasteiger partial charge on any atom is 0.263 e. The van der Waals surface area contributed by atoms with E-state index in [4.69, 9.17) is 14.2 Å². The lowest BCUT2D eigenvalue weighted by molar-refractivity contribution is 0.102. The number of ether oxygens (including phenoxy) is 3. The van der Waals surface area contributed by atoms with E-state index in [9.17, 15) is 4.79 Å². The SMILES string of the molecule is COc1cccc(OC)c1C(=O)Nc1ccc(OCCCN2CCCC2)cc1. The molecule has 1 fully saturated rings. The van der Waals surface area contributed by atoms with E-state index in [1.54, 1.807) is 18.2 Å². The normalized spacial score (nSPS) is 13.9. The molecule has 28 heavy (non-hydrogen) atoms. The molecule has 1 saturated heterocycles. The molecule has 2 aromatic rings. The first kappa shape index (κ1) is 20.0. The topological polar surface area (TPSA) is 60.0 Å². The summed E-state index contributed by atoms with van der Waals surface area (Å²) in [5.41, 5.74) is 1.05. The number of benzene rings is 2. The number of likely N-dealkylation sites (tertiary alicyclic amines) is 1. The van der Waals surface area contributed by atoms with Crippen LogP contribution in [0.2, 0.25) is 0 Å². The number of amides is 1. The number of hydrogen-bond donors (Lipinski definition) is 1. The summed E-state index contributed by atoms with van der Waals surface area (Å²) < 4.78 is 16.4. The summed E-state index contributed by atoms with van der Waals surface area (Å²) in [6, 6.07) is 12.6. The molecule has 0 atom stereocenters. The Morgan fingerprint density at radius 1 is 1.00 bits per heavy atom. The van der Waals surface area contributed by atoms with Crippen molar-refractivity contribution in [3.8, 4) is 17.2 Å². The van der Waals surface area contributed by atoms with Crippen molar-refractivity contribution in [1.82, 2.24) is 4.90 Å². The predicted octanol–water partition coefficient (Wildman–Crippen LogP) is 3.82. The van der Waals surface area contributed by atoms with Crippen LogP contribution < -0.4 is 19.5 Å². The van der Waals surface area contributed by atoms with Crippen molar-refractivity contribution in [3.05, 3.63) is 48.0 Å². The van der Waals surface area contributed by atoms with Gasteiger partial charge in [0, 0.05) is 12.2 Å². The molecule has 1 heterocycles. The number of rotatable bonds is 9. The van der Waals surface area contributed by atoms with Crippen LogP contribution in [0, 0.1) is 0 Å². The molecule has 0 spiro atoms. The van der Waals surface area contributed by atoms with Gasteiger partial charge in [0.25, 0.3) is 5.91 Å². The first-order chi connectivity index (χ1) is 13.7. The number of nitrogens with zero attached hydrogens (tertiary/aromatic N) is 1. The molecule has 2 aromatic carbocycles. The first-order valence-corrected chi connectivity index (χ1v) is 9.69. The Labute approximate surface area is 166 Å². The van der Waals surface area contributed by atoms with Crippen LogP contribution in [0.25, 0.3) is 0 Å². The fourth-order valence-corrected chi connectivity index (χ4v) is 3.39. The summed E-state index contributed by atoms with van der Waals surface area (Å²) in [5, 5.41) is 2.88. The van der Waals surface area contributed by atoms with Crippen molar-refractivity contribution in [2.75, 3.05) is 45.8 Å². The second-order valence-corrected chi connectivity index (χ2v) is 6.77. The van der Waals surface area contributed by atoms with Gasteiger partial charge in [-0.1, -0.05) is 6.07 Å². The van der Waals surface area contributed by atoms with E-state index in [0.29, 0.717) is 29.4 Å². The molecular weight excluding hydrogens is 356 g/mol. The Morgan fingerprint density at radius 3 is 2.25 bits per heavy atom. The lowest BCUT2D eigenvalue weighted by Gasteiger charge is -2.15. The third kappa shape index (κ3) is 5.16. The second kappa shape index (κ2) is 9.99. The Hall–Kier alpha value is -2.73. The Bertz CT molecular complexity index is 748. The Morgan fingerprint density at radius 2 is 1.64 bits per heavy atom. The van der Waals surface area contributed by atoms with Crippen molar-refractivity contribution >= 4 is 11.6 Å². The molecule has 3 rings (SSSR count). The number of nitrogens with one attached hydrogen (secondary N) is 1. The summed E-state index contributed by atoms with van der Waals surface area (Å²) in [7, 11) is 3.06. The number of methoxy groups -OCH3 is 2. The molecular formula is C22H28N2O4. The monoisotopic (exact) mass is 384 g/mol. The van der Waals surface area contributed by atoms with Crippen LogP contribution in [-0.2, 0) is 0 Å². The molecule has 1 aliphatic heterocycles. The maximum atomic E-state index is 12.7. The van der Waals surface area contributed by atoms with Gasteiger partial charge in [-0.05, 0) is 68.8 Å². The van der Waals surface area contributed by atoms with E-state index < -0.39 is 0 Å². The van der Waals surface area contributed by atoms with Gasteiger partial charge in [-0.3, -0.25) is 4.79 Å². The molecule has 6 nitrogen and oxygen atoms in total. The Kier molecular flexibility index (Phi) is 7.14. The highest BCUT2D eigenvalue weighted by atomic mass is 16.5. The molecule has 0 aromatic heterocycles. The molecule has 0 radical (unpaired) electrons. The quantitative estimate of drug-likeness (QED) is 0.666. The second-order valence-electron chi connectivity index (χ2n) is 6.77. The summed E-state index contributed by atoms with van der Waals surface area (Å²) in [6.07, 6.45) is 3.65. The minimum absolute atomic E-state index is 0.284. The smallest absolute Gasteiger partial charge is 0.263 e. The molecule has 0 aliphatic carbocycles. The summed E-state index contributed by atoms with van der Waals surface area (Å²) in [5.74, 6) is 1.45. The van der Waals surface area contributed by atoms with E-state index in [1.165, 1.54) is 40.2 Å². The average molecular weight is 384 g/mol. The number of carbonyl (C=O) groups excluding carboxylic acids is 1. The summed E-state index contributed by atoms with van der Waals surface area (Å²) >= 11 is 0. The highest BCUT2D eigenvalue weighted by Gasteiger charge is 2.18. The Balaban J connectivity index is 1.53. The standard InChI is InChI=1S/C22H28N2O4/c1-26-19-7-5-8-20(27-2)21(19)22(25)23-17-9-11-18(12-10-17)28-16-6-15-24-13-3-4-14-24/h5,7-12H,3-4,6,13-16H2,1-2H3,(H,23,25). The zero-order chi connectivity index (χ0) is 19.8. The van der Waals surface area contributed by atoms with Crippen LogP contribution in [0.15, 0.2) is 42.5 Å². The fourth-order valence-electron chi connectivity index (χ4n) is 3.39. The highest BCUT2D eigenvalue weighted by Crippen LogP contribution is 2.29. The van der Waals surface area contributed by atoms with Gasteiger partial charge in [-0.25, -0.2) is 0 Å². The molecule has 150 valence electrons. The van der Waals surface area contributed by atoms with Crippen LogP contribution in [0.3, 0.4) is 0 Å². The van der Waals surface area contributed by atoms with Gasteiger partial charge in [-0.15, -0.1) is 0 Å². The van der Waals surface area contributed by atoms with Crippen LogP contribution in [0.4, 0.5) is 5.69 Å². The fraction of sp³-hybridized carbons (Fsp3) is 0.409. The van der Waals surface area contributed by atoms with Crippen molar-refractivity contribution < 1.29 is 19.0 Å². The van der Waals surface area contributed by atoms with Crippen LogP contribution in [0.1, 0.15) is 29.6 Å². The lowest BCUT2D eigenvalue weighted by atomic mass is 10.1. The lowest BCUT2D eigenvalue weighted by Crippen LogP contribution is -2.21. The van der Waals surface area contributed by atoms with E-state index in [1.807, 2.05) is 24.3 Å². The largest absolute Gasteiger partial charge is 0.496 e. The zero-order valence-corrected chi connectivity index (χ0v) is 16.6. The van der Waals surface area contributed by atoms with Crippen molar-refractivity contribution in [3.63, 3.8) is 0 Å². The zero-order valence-electron chi connectivity index (χ0n) is 16.6. The third-order valence-corrected chi connectivity index (χ3v) is 4.85. The molecule has 0 saturated carbocycles. The van der Waals surface area contributed by atoms with Crippen LogP contribution in [-0.4, -0.2) is 51.3 Å². The minimum atomic E-state index is -0.284. The molecule has 0 bridgehead atoms. The van der Waals surface area contributed by atoms with Crippen LogP contribution in [0.5, 0.6) is 17.2 Å². The van der Waals surface area contributed by atoms with Gasteiger partial charge >= 0.3 is 0 Å². The number of hydrogen-bond acceptors (Lipinski definition) is 5. The van der Waals surface area contributed by atoms with Crippen molar-refractivity contribution in [2.24, 2.45) is 0 Å². The van der Waals surface area contributed by atoms with Gasteiger partial charge in [0.2, 0.25) is 0 Å². The average Bonchev–Trinajstić information content (AvgIpc) is 3.25. The van der Waals surface area contributed by atoms with Gasteiger partial charge in [0.1, 0.15) is 22.8 Å². The van der Waals surface area contributed by atoms with E-state index in [-0.39, 0.29) is 5.91 Å². The van der Waals surface area contributed by atoms with Gasteiger partial charge in [0.05, 0.1) is 20.8 Å². The van der Waals surface area contributed by atoms with Gasteiger partial charge < -0.3 is 24.4 Å². The summed E-state index contributed by atoms with van der Waals surface area (Å²) in [4.78, 5) is 15.2.